The maximum atomic E-state index is 5.85. The number of hydrogen-bond donors (Lipinski definition) is 1. The molecule has 0 aliphatic carbocycles. The Labute approximate surface area is 110 Å². The second kappa shape index (κ2) is 4.80. The molecule has 2 nitrogen and oxygen atoms in total. The van der Waals surface area contributed by atoms with Gasteiger partial charge in [-0.05, 0) is 71.2 Å². The molecule has 0 amide bonds. The van der Waals surface area contributed by atoms with E-state index in [0.29, 0.717) is 0 Å². The molecule has 0 heterocycles. The Bertz CT molecular complexity index is 511. The molecule has 2 aromatic rings. The molecule has 3 heteroatoms. The van der Waals surface area contributed by atoms with E-state index in [1.807, 2.05) is 37.3 Å². The van der Waals surface area contributed by atoms with Crippen LogP contribution in [0.3, 0.4) is 0 Å². The third kappa shape index (κ3) is 2.80. The van der Waals surface area contributed by atoms with Crippen molar-refractivity contribution in [3.8, 4) is 11.5 Å². The van der Waals surface area contributed by atoms with Gasteiger partial charge in [0.05, 0.1) is 4.47 Å². The molecule has 0 spiro atoms. The normalized spacial score (nSPS) is 10.3. The molecule has 0 saturated carbocycles. The first-order valence-electron chi connectivity index (χ1n) is 5.36. The summed E-state index contributed by atoms with van der Waals surface area (Å²) in [6, 6.07) is 11.5. The molecule has 0 saturated heterocycles. The van der Waals surface area contributed by atoms with Gasteiger partial charge < -0.3 is 10.5 Å². The number of anilines is 1. The van der Waals surface area contributed by atoms with Gasteiger partial charge in [0.15, 0.2) is 0 Å². The van der Waals surface area contributed by atoms with E-state index in [2.05, 4.69) is 28.9 Å². The van der Waals surface area contributed by atoms with Crippen molar-refractivity contribution >= 4 is 21.6 Å². The topological polar surface area (TPSA) is 35.2 Å². The summed E-state index contributed by atoms with van der Waals surface area (Å²) in [6.07, 6.45) is 0. The van der Waals surface area contributed by atoms with E-state index in [1.165, 1.54) is 5.56 Å². The number of nitrogens with two attached hydrogens (primary N) is 1. The predicted octanol–water partition coefficient (Wildman–Crippen LogP) is 4.44. The molecule has 0 aliphatic heterocycles. The minimum absolute atomic E-state index is 0.733. The lowest BCUT2D eigenvalue weighted by molar-refractivity contribution is 0.476. The number of halogens is 1. The molecule has 0 aromatic heterocycles. The van der Waals surface area contributed by atoms with Gasteiger partial charge in [0.1, 0.15) is 11.5 Å². The minimum Gasteiger partial charge on any atom is -0.456 e. The van der Waals surface area contributed by atoms with E-state index in [0.717, 1.165) is 27.2 Å². The lowest BCUT2D eigenvalue weighted by atomic mass is 10.1. The Morgan fingerprint density at radius 1 is 1.06 bits per heavy atom. The number of benzene rings is 2. The maximum absolute atomic E-state index is 5.85. The molecule has 2 N–H and O–H groups in total. The molecule has 17 heavy (non-hydrogen) atoms. The molecule has 2 aromatic carbocycles. The van der Waals surface area contributed by atoms with E-state index < -0.39 is 0 Å². The molecular weight excluding hydrogens is 278 g/mol. The lowest BCUT2D eigenvalue weighted by Gasteiger charge is -2.11. The lowest BCUT2D eigenvalue weighted by Crippen LogP contribution is -1.91. The third-order valence-electron chi connectivity index (χ3n) is 2.47. The number of ether oxygens (including phenoxy) is 1. The van der Waals surface area contributed by atoms with E-state index in [4.69, 9.17) is 10.5 Å². The summed E-state index contributed by atoms with van der Waals surface area (Å²) in [5, 5.41) is 0. The molecule has 0 radical (unpaired) electrons. The zero-order chi connectivity index (χ0) is 12.4. The van der Waals surface area contributed by atoms with Crippen molar-refractivity contribution in [3.63, 3.8) is 0 Å². The first-order chi connectivity index (χ1) is 8.06. The average Bonchev–Trinajstić information content (AvgIpc) is 2.26. The van der Waals surface area contributed by atoms with Crippen molar-refractivity contribution in [1.82, 2.24) is 0 Å². The standard InChI is InChI=1S/C14H14BrNO/c1-9-7-10(2)14(13(15)8-9)17-12-5-3-11(16)4-6-12/h3-8H,16H2,1-2H3. The molecule has 0 aliphatic rings. The van der Waals surface area contributed by atoms with Crippen molar-refractivity contribution in [3.05, 3.63) is 52.0 Å². The van der Waals surface area contributed by atoms with E-state index >= 15 is 0 Å². The number of nitrogen functional groups attached to an aromatic ring is 1. The molecule has 0 bridgehead atoms. The summed E-state index contributed by atoms with van der Waals surface area (Å²) in [7, 11) is 0. The average molecular weight is 292 g/mol. The fourth-order valence-electron chi connectivity index (χ4n) is 1.69. The van der Waals surface area contributed by atoms with Gasteiger partial charge in [0, 0.05) is 5.69 Å². The van der Waals surface area contributed by atoms with Gasteiger partial charge in [-0.2, -0.15) is 0 Å². The maximum Gasteiger partial charge on any atom is 0.144 e. The summed E-state index contributed by atoms with van der Waals surface area (Å²) in [5.74, 6) is 1.63. The first kappa shape index (κ1) is 12.0. The zero-order valence-corrected chi connectivity index (χ0v) is 11.4. The first-order valence-corrected chi connectivity index (χ1v) is 6.15. The number of aryl methyl sites for hydroxylation is 2. The highest BCUT2D eigenvalue weighted by Crippen LogP contribution is 2.34. The van der Waals surface area contributed by atoms with Crippen LogP contribution >= 0.6 is 15.9 Å². The van der Waals surface area contributed by atoms with Crippen molar-refractivity contribution < 1.29 is 4.74 Å². The number of rotatable bonds is 2. The van der Waals surface area contributed by atoms with Crippen LogP contribution in [0.25, 0.3) is 0 Å². The quantitative estimate of drug-likeness (QED) is 0.830. The summed E-state index contributed by atoms with van der Waals surface area (Å²) in [6.45, 7) is 4.09. The molecule has 88 valence electrons. The van der Waals surface area contributed by atoms with Crippen molar-refractivity contribution in [2.45, 2.75) is 13.8 Å². The van der Waals surface area contributed by atoms with Gasteiger partial charge in [0.2, 0.25) is 0 Å². The van der Waals surface area contributed by atoms with Crippen molar-refractivity contribution in [2.75, 3.05) is 5.73 Å². The van der Waals surface area contributed by atoms with Crippen LogP contribution in [0.5, 0.6) is 11.5 Å². The van der Waals surface area contributed by atoms with Gasteiger partial charge in [0.25, 0.3) is 0 Å². The van der Waals surface area contributed by atoms with Crippen LogP contribution in [0.15, 0.2) is 40.9 Å². The van der Waals surface area contributed by atoms with Gasteiger partial charge in [-0.25, -0.2) is 0 Å². The fourth-order valence-corrected chi connectivity index (χ4v) is 2.44. The Morgan fingerprint density at radius 3 is 2.29 bits per heavy atom. The van der Waals surface area contributed by atoms with Gasteiger partial charge >= 0.3 is 0 Å². The zero-order valence-electron chi connectivity index (χ0n) is 9.83. The van der Waals surface area contributed by atoms with Crippen LogP contribution in [0.1, 0.15) is 11.1 Å². The smallest absolute Gasteiger partial charge is 0.144 e. The number of hydrogen-bond acceptors (Lipinski definition) is 2. The highest BCUT2D eigenvalue weighted by Gasteiger charge is 2.07. The van der Waals surface area contributed by atoms with Crippen LogP contribution < -0.4 is 10.5 Å². The monoisotopic (exact) mass is 291 g/mol. The van der Waals surface area contributed by atoms with E-state index in [-0.39, 0.29) is 0 Å². The van der Waals surface area contributed by atoms with Crippen LogP contribution in [0, 0.1) is 13.8 Å². The predicted molar refractivity (Wildman–Crippen MR) is 74.5 cm³/mol. The Hall–Kier alpha value is -1.48. The summed E-state index contributed by atoms with van der Waals surface area (Å²) >= 11 is 3.52. The van der Waals surface area contributed by atoms with Crippen LogP contribution in [-0.4, -0.2) is 0 Å². The highest BCUT2D eigenvalue weighted by molar-refractivity contribution is 9.10. The van der Waals surface area contributed by atoms with Gasteiger partial charge in [-0.15, -0.1) is 0 Å². The van der Waals surface area contributed by atoms with Gasteiger partial charge in [-0.3, -0.25) is 0 Å². The second-order valence-corrected chi connectivity index (χ2v) is 4.92. The van der Waals surface area contributed by atoms with Crippen molar-refractivity contribution in [2.24, 2.45) is 0 Å². The third-order valence-corrected chi connectivity index (χ3v) is 3.06. The van der Waals surface area contributed by atoms with E-state index in [1.54, 1.807) is 0 Å². The molecule has 0 atom stereocenters. The molecule has 0 unspecified atom stereocenters. The second-order valence-electron chi connectivity index (χ2n) is 4.06. The Morgan fingerprint density at radius 2 is 1.71 bits per heavy atom. The minimum atomic E-state index is 0.733. The summed E-state index contributed by atoms with van der Waals surface area (Å²) < 4.78 is 6.81. The summed E-state index contributed by atoms with van der Waals surface area (Å²) in [5.41, 5.74) is 8.68. The molecular formula is C14H14BrNO. The van der Waals surface area contributed by atoms with Crippen LogP contribution in [-0.2, 0) is 0 Å². The van der Waals surface area contributed by atoms with Crippen LogP contribution in [0.4, 0.5) is 5.69 Å². The fraction of sp³-hybridized carbons (Fsp3) is 0.143. The molecule has 0 fully saturated rings. The molecule has 2 rings (SSSR count). The van der Waals surface area contributed by atoms with Gasteiger partial charge in [-0.1, -0.05) is 6.07 Å². The Balaban J connectivity index is 2.33. The Kier molecular flexibility index (Phi) is 3.38. The highest BCUT2D eigenvalue weighted by atomic mass is 79.9. The SMILES string of the molecule is Cc1cc(C)c(Oc2ccc(N)cc2)c(Br)c1. The van der Waals surface area contributed by atoms with Crippen molar-refractivity contribution in [1.29, 1.82) is 0 Å². The largest absolute Gasteiger partial charge is 0.456 e. The van der Waals surface area contributed by atoms with Crippen LogP contribution in [0.2, 0.25) is 0 Å². The van der Waals surface area contributed by atoms with E-state index in [9.17, 15) is 0 Å². The summed E-state index contributed by atoms with van der Waals surface area (Å²) in [4.78, 5) is 0.